The highest BCUT2D eigenvalue weighted by Crippen LogP contribution is 2.30. The first-order valence-electron chi connectivity index (χ1n) is 14.1. The third kappa shape index (κ3) is 6.06. The molecule has 2 aromatic heterocycles. The summed E-state index contributed by atoms with van der Waals surface area (Å²) in [5.74, 6) is 1.78. The van der Waals surface area contributed by atoms with Gasteiger partial charge in [0.05, 0.1) is 5.52 Å². The maximum atomic E-state index is 13.4. The molecule has 1 fully saturated rings. The fourth-order valence-corrected chi connectivity index (χ4v) is 5.29. The number of hydrogen-bond acceptors (Lipinski definition) is 6. The molecule has 3 heterocycles. The highest BCUT2D eigenvalue weighted by molar-refractivity contribution is 5.98. The zero-order chi connectivity index (χ0) is 28.3. The molecule has 6 rings (SSSR count). The van der Waals surface area contributed by atoms with Crippen molar-refractivity contribution in [3.8, 4) is 23.0 Å². The number of carbonyl (C=O) groups excluding carboxylic acids is 1. The lowest BCUT2D eigenvalue weighted by molar-refractivity contribution is 0.0992. The predicted molar refractivity (Wildman–Crippen MR) is 163 cm³/mol. The van der Waals surface area contributed by atoms with Gasteiger partial charge in [-0.25, -0.2) is 4.98 Å². The van der Waals surface area contributed by atoms with Crippen LogP contribution in [0.2, 0.25) is 0 Å². The molecule has 5 aromatic rings. The molecular formula is C34H35N5O2. The summed E-state index contributed by atoms with van der Waals surface area (Å²) >= 11 is 0. The Balaban J connectivity index is 1.19. The Bertz CT molecular complexity index is 1690. The van der Waals surface area contributed by atoms with Crippen molar-refractivity contribution in [3.05, 3.63) is 107 Å². The Kier molecular flexibility index (Phi) is 7.63. The first kappa shape index (κ1) is 26.9. The molecule has 0 saturated carbocycles. The summed E-state index contributed by atoms with van der Waals surface area (Å²) in [6.07, 6.45) is 2.13. The van der Waals surface area contributed by atoms with E-state index in [9.17, 15) is 4.79 Å². The minimum Gasteiger partial charge on any atom is -0.437 e. The number of aromatic amines is 1. The molecule has 1 aliphatic heterocycles. The number of ketones is 1. The van der Waals surface area contributed by atoms with E-state index in [4.69, 9.17) is 9.72 Å². The topological polar surface area (TPSA) is 74.3 Å². The maximum Gasteiger partial charge on any atom is 0.247 e. The molecule has 1 saturated heterocycles. The van der Waals surface area contributed by atoms with Crippen LogP contribution in [0.25, 0.3) is 22.4 Å². The van der Waals surface area contributed by atoms with Crippen molar-refractivity contribution in [2.24, 2.45) is 0 Å². The second kappa shape index (κ2) is 11.6. The van der Waals surface area contributed by atoms with Crippen LogP contribution in [0.4, 0.5) is 0 Å². The number of ether oxygens (including phenoxy) is 1. The molecule has 208 valence electrons. The summed E-state index contributed by atoms with van der Waals surface area (Å²) in [7, 11) is 2.17. The smallest absolute Gasteiger partial charge is 0.247 e. The van der Waals surface area contributed by atoms with Crippen LogP contribution in [0, 0.1) is 13.8 Å². The highest BCUT2D eigenvalue weighted by Gasteiger charge is 2.17. The number of piperazine rings is 1. The van der Waals surface area contributed by atoms with E-state index >= 15 is 0 Å². The van der Waals surface area contributed by atoms with Crippen molar-refractivity contribution < 1.29 is 9.53 Å². The van der Waals surface area contributed by atoms with E-state index in [0.29, 0.717) is 23.9 Å². The number of rotatable bonds is 8. The summed E-state index contributed by atoms with van der Waals surface area (Å²) < 4.78 is 6.31. The fourth-order valence-electron chi connectivity index (χ4n) is 5.29. The van der Waals surface area contributed by atoms with Gasteiger partial charge in [0.1, 0.15) is 11.3 Å². The molecule has 0 unspecified atom stereocenters. The quantitative estimate of drug-likeness (QED) is 0.234. The number of nitrogens with one attached hydrogen (secondary N) is 1. The lowest BCUT2D eigenvalue weighted by Crippen LogP contribution is -2.43. The van der Waals surface area contributed by atoms with E-state index in [1.165, 1.54) is 5.56 Å². The van der Waals surface area contributed by atoms with Crippen LogP contribution >= 0.6 is 0 Å². The van der Waals surface area contributed by atoms with Crippen LogP contribution in [0.1, 0.15) is 32.6 Å². The predicted octanol–water partition coefficient (Wildman–Crippen LogP) is 6.21. The van der Waals surface area contributed by atoms with Gasteiger partial charge in [0, 0.05) is 56.5 Å². The van der Waals surface area contributed by atoms with Gasteiger partial charge in [-0.05, 0) is 67.4 Å². The van der Waals surface area contributed by atoms with Crippen LogP contribution in [0.3, 0.4) is 0 Å². The normalized spacial score (nSPS) is 14.4. The minimum atomic E-state index is 0.0969. The van der Waals surface area contributed by atoms with Gasteiger partial charge in [0.25, 0.3) is 0 Å². The molecule has 0 spiro atoms. The van der Waals surface area contributed by atoms with Crippen molar-refractivity contribution in [1.29, 1.82) is 0 Å². The monoisotopic (exact) mass is 545 g/mol. The number of likely N-dealkylation sites (N-methyl/N-ethyl adjacent to an activating group) is 1. The number of aryl methyl sites for hydroxylation is 2. The van der Waals surface area contributed by atoms with Gasteiger partial charge in [-0.15, -0.1) is 0 Å². The van der Waals surface area contributed by atoms with Gasteiger partial charge < -0.3 is 14.6 Å². The Labute approximate surface area is 240 Å². The van der Waals surface area contributed by atoms with Crippen molar-refractivity contribution in [2.45, 2.75) is 26.8 Å². The number of aromatic nitrogens is 3. The van der Waals surface area contributed by atoms with Crippen LogP contribution in [-0.2, 0) is 13.0 Å². The first-order chi connectivity index (χ1) is 19.9. The summed E-state index contributed by atoms with van der Waals surface area (Å²) in [4.78, 5) is 30.8. The molecular weight excluding hydrogens is 510 g/mol. The number of Topliss-reactive ketones (excluding diaryl/α,β-unsaturated/α-hetero) is 1. The average molecular weight is 546 g/mol. The second-order valence-electron chi connectivity index (χ2n) is 11.0. The average Bonchev–Trinajstić information content (AvgIpc) is 3.47. The van der Waals surface area contributed by atoms with E-state index < -0.39 is 0 Å². The Morgan fingerprint density at radius 2 is 1.68 bits per heavy atom. The molecule has 1 N–H and O–H groups in total. The molecule has 7 nitrogen and oxygen atoms in total. The SMILES string of the molecule is Cc1ccc(Oc2nc(-c3ccccc3)nc3cc[nH]c23)cc1CC(=O)c1ccc(CN2CCN(C)CC2)c(C)c1. The van der Waals surface area contributed by atoms with Crippen molar-refractivity contribution in [2.75, 3.05) is 33.2 Å². The van der Waals surface area contributed by atoms with E-state index in [1.54, 1.807) is 0 Å². The summed E-state index contributed by atoms with van der Waals surface area (Å²) in [6.45, 7) is 9.40. The van der Waals surface area contributed by atoms with Crippen LogP contribution in [-0.4, -0.2) is 63.8 Å². The number of fused-ring (bicyclic) bond motifs is 1. The largest absolute Gasteiger partial charge is 0.437 e. The van der Waals surface area contributed by atoms with E-state index in [2.05, 4.69) is 39.8 Å². The van der Waals surface area contributed by atoms with Gasteiger partial charge in [-0.3, -0.25) is 9.69 Å². The van der Waals surface area contributed by atoms with Crippen molar-refractivity contribution in [1.82, 2.24) is 24.8 Å². The van der Waals surface area contributed by atoms with Crippen molar-refractivity contribution >= 4 is 16.8 Å². The molecule has 3 aromatic carbocycles. The lowest BCUT2D eigenvalue weighted by Gasteiger charge is -2.32. The third-order valence-corrected chi connectivity index (χ3v) is 7.95. The molecule has 0 aliphatic carbocycles. The molecule has 0 atom stereocenters. The lowest BCUT2D eigenvalue weighted by atomic mass is 9.96. The first-order valence-corrected chi connectivity index (χ1v) is 14.1. The van der Waals surface area contributed by atoms with Crippen molar-refractivity contribution in [3.63, 3.8) is 0 Å². The minimum absolute atomic E-state index is 0.0969. The highest BCUT2D eigenvalue weighted by atomic mass is 16.5. The van der Waals surface area contributed by atoms with E-state index in [-0.39, 0.29) is 5.78 Å². The zero-order valence-corrected chi connectivity index (χ0v) is 23.9. The third-order valence-electron chi connectivity index (χ3n) is 7.95. The molecule has 41 heavy (non-hydrogen) atoms. The molecule has 0 bridgehead atoms. The summed E-state index contributed by atoms with van der Waals surface area (Å²) in [5.41, 5.74) is 7.60. The molecule has 7 heteroatoms. The number of hydrogen-bond donors (Lipinski definition) is 1. The number of benzene rings is 3. The number of H-pyrrole nitrogens is 1. The zero-order valence-electron chi connectivity index (χ0n) is 23.9. The second-order valence-corrected chi connectivity index (χ2v) is 11.0. The van der Waals surface area contributed by atoms with Gasteiger partial charge in [-0.1, -0.05) is 48.5 Å². The number of carbonyl (C=O) groups is 1. The van der Waals surface area contributed by atoms with Gasteiger partial charge in [0.2, 0.25) is 5.88 Å². The van der Waals surface area contributed by atoms with Crippen LogP contribution in [0.5, 0.6) is 11.6 Å². The standard InChI is InChI=1S/C34H35N5O2/c1-23-9-12-29(41-34-32-30(13-14-35-32)36-33(37-34)25-7-5-4-6-8-25)20-28(23)21-31(40)26-10-11-27(24(2)19-26)22-39-17-15-38(3)16-18-39/h4-14,19-20,35H,15-18,21-22H2,1-3H3. The summed E-state index contributed by atoms with van der Waals surface area (Å²) in [5, 5.41) is 0. The maximum absolute atomic E-state index is 13.4. The Morgan fingerprint density at radius 3 is 2.46 bits per heavy atom. The van der Waals surface area contributed by atoms with Gasteiger partial charge in [-0.2, -0.15) is 4.98 Å². The van der Waals surface area contributed by atoms with Crippen LogP contribution < -0.4 is 4.74 Å². The van der Waals surface area contributed by atoms with E-state index in [1.807, 2.05) is 79.9 Å². The fraction of sp³-hybridized carbons (Fsp3) is 0.265. The molecule has 1 aliphatic rings. The Morgan fingerprint density at radius 1 is 0.878 bits per heavy atom. The molecule has 0 radical (unpaired) electrons. The molecule has 0 amide bonds. The Hall–Kier alpha value is -4.33. The van der Waals surface area contributed by atoms with Gasteiger partial charge in [0.15, 0.2) is 11.6 Å². The van der Waals surface area contributed by atoms with E-state index in [0.717, 1.165) is 71.6 Å². The number of nitrogens with zero attached hydrogens (tertiary/aromatic N) is 4. The summed E-state index contributed by atoms with van der Waals surface area (Å²) in [6, 6.07) is 23.8. The van der Waals surface area contributed by atoms with Gasteiger partial charge >= 0.3 is 0 Å². The van der Waals surface area contributed by atoms with Crippen LogP contribution in [0.15, 0.2) is 79.0 Å².